The number of aromatic nitrogens is 2. The molecule has 1 amide bonds. The number of nitrogens with one attached hydrogen (secondary N) is 1. The summed E-state index contributed by atoms with van der Waals surface area (Å²) in [5, 5.41) is 6.89. The summed E-state index contributed by atoms with van der Waals surface area (Å²) < 4.78 is 2.53. The molecule has 5 nitrogen and oxygen atoms in total. The highest BCUT2D eigenvalue weighted by Gasteiger charge is 2.10. The van der Waals surface area contributed by atoms with Crippen molar-refractivity contribution in [1.82, 2.24) is 15.1 Å². The second-order valence-corrected chi connectivity index (χ2v) is 5.23. The fourth-order valence-electron chi connectivity index (χ4n) is 1.74. The zero-order valence-corrected chi connectivity index (χ0v) is 12.1. The maximum atomic E-state index is 11.9. The van der Waals surface area contributed by atoms with E-state index in [-0.39, 0.29) is 18.5 Å². The van der Waals surface area contributed by atoms with E-state index in [2.05, 4.69) is 26.3 Å². The number of hydrogen-bond donors (Lipinski definition) is 2. The van der Waals surface area contributed by atoms with Gasteiger partial charge in [0.25, 0.3) is 0 Å². The van der Waals surface area contributed by atoms with Gasteiger partial charge in [0.15, 0.2) is 0 Å². The van der Waals surface area contributed by atoms with E-state index in [1.54, 1.807) is 6.20 Å². The zero-order valence-electron chi connectivity index (χ0n) is 10.5. The smallest absolute Gasteiger partial charge is 0.242 e. The van der Waals surface area contributed by atoms with Crippen molar-refractivity contribution in [3.63, 3.8) is 0 Å². The Labute approximate surface area is 119 Å². The number of nitrogens with zero attached hydrogens (tertiary/aromatic N) is 2. The third-order valence-electron chi connectivity index (χ3n) is 2.71. The molecule has 0 fully saturated rings. The molecule has 0 saturated carbocycles. The lowest BCUT2D eigenvalue weighted by Crippen LogP contribution is -2.30. The molecule has 1 aromatic carbocycles. The molecule has 1 atom stereocenters. The minimum atomic E-state index is -0.0986. The van der Waals surface area contributed by atoms with E-state index in [1.165, 1.54) is 10.9 Å². The number of amides is 1. The van der Waals surface area contributed by atoms with E-state index in [4.69, 9.17) is 5.73 Å². The van der Waals surface area contributed by atoms with Gasteiger partial charge in [0, 0.05) is 10.7 Å². The molecule has 0 spiro atoms. The number of carbonyl (C=O) groups excluding carboxylic acids is 1. The Bertz CT molecular complexity index is 564. The van der Waals surface area contributed by atoms with Gasteiger partial charge in [-0.15, -0.1) is 0 Å². The lowest BCUT2D eigenvalue weighted by atomic mass is 10.1. The highest BCUT2D eigenvalue weighted by molar-refractivity contribution is 9.10. The molecule has 1 aromatic heterocycles. The van der Waals surface area contributed by atoms with Crippen LogP contribution in [0.15, 0.2) is 41.1 Å². The summed E-state index contributed by atoms with van der Waals surface area (Å²) in [6, 6.07) is 7.80. The van der Waals surface area contributed by atoms with Crippen molar-refractivity contribution in [3.8, 4) is 0 Å². The Balaban J connectivity index is 1.93. The minimum absolute atomic E-state index is 0.0477. The molecule has 1 heterocycles. The molecule has 0 aliphatic carbocycles. The van der Waals surface area contributed by atoms with Gasteiger partial charge < -0.3 is 11.1 Å². The number of rotatable bonds is 4. The second kappa shape index (κ2) is 5.88. The topological polar surface area (TPSA) is 72.9 Å². The highest BCUT2D eigenvalue weighted by atomic mass is 79.9. The molecule has 100 valence electrons. The Morgan fingerprint density at radius 2 is 2.16 bits per heavy atom. The molecule has 3 N–H and O–H groups in total. The zero-order chi connectivity index (χ0) is 13.8. The van der Waals surface area contributed by atoms with Gasteiger partial charge in [0.1, 0.15) is 6.54 Å². The van der Waals surface area contributed by atoms with Gasteiger partial charge in [-0.3, -0.25) is 9.48 Å². The Morgan fingerprint density at radius 3 is 2.74 bits per heavy atom. The van der Waals surface area contributed by atoms with E-state index >= 15 is 0 Å². The van der Waals surface area contributed by atoms with Crippen molar-refractivity contribution in [1.29, 1.82) is 0 Å². The second-order valence-electron chi connectivity index (χ2n) is 4.31. The van der Waals surface area contributed by atoms with Gasteiger partial charge in [-0.2, -0.15) is 5.10 Å². The van der Waals surface area contributed by atoms with Crippen LogP contribution in [-0.4, -0.2) is 15.7 Å². The minimum Gasteiger partial charge on any atom is -0.396 e. The van der Waals surface area contributed by atoms with Crippen molar-refractivity contribution in [2.24, 2.45) is 0 Å². The number of halogens is 1. The van der Waals surface area contributed by atoms with E-state index in [9.17, 15) is 4.79 Å². The first-order valence-electron chi connectivity index (χ1n) is 5.87. The summed E-state index contributed by atoms with van der Waals surface area (Å²) in [7, 11) is 0. The molecule has 0 aliphatic heterocycles. The molecule has 0 bridgehead atoms. The largest absolute Gasteiger partial charge is 0.396 e. The number of benzene rings is 1. The molecular formula is C13H15BrN4O. The van der Waals surface area contributed by atoms with Crippen LogP contribution in [-0.2, 0) is 11.3 Å². The molecular weight excluding hydrogens is 308 g/mol. The average Bonchev–Trinajstić information content (AvgIpc) is 2.75. The van der Waals surface area contributed by atoms with Crippen LogP contribution in [0.5, 0.6) is 0 Å². The first kappa shape index (κ1) is 13.6. The van der Waals surface area contributed by atoms with Crippen molar-refractivity contribution in [2.75, 3.05) is 5.73 Å². The summed E-state index contributed by atoms with van der Waals surface area (Å²) in [6.07, 6.45) is 3.15. The van der Waals surface area contributed by atoms with Crippen LogP contribution in [0.2, 0.25) is 0 Å². The third kappa shape index (κ3) is 3.82. The maximum Gasteiger partial charge on any atom is 0.242 e. The summed E-state index contributed by atoms with van der Waals surface area (Å²) in [5.74, 6) is -0.0986. The monoisotopic (exact) mass is 322 g/mol. The lowest BCUT2D eigenvalue weighted by molar-refractivity contribution is -0.122. The van der Waals surface area contributed by atoms with Crippen LogP contribution in [0.3, 0.4) is 0 Å². The predicted octanol–water partition coefficient (Wildman–Crippen LogP) is 2.11. The first-order chi connectivity index (χ1) is 9.04. The first-order valence-corrected chi connectivity index (χ1v) is 6.66. The average molecular weight is 323 g/mol. The number of nitrogen functional groups attached to an aromatic ring is 1. The Morgan fingerprint density at radius 1 is 1.47 bits per heavy atom. The summed E-state index contributed by atoms with van der Waals surface area (Å²) in [5.41, 5.74) is 7.14. The van der Waals surface area contributed by atoms with Crippen LogP contribution < -0.4 is 11.1 Å². The molecule has 0 saturated heterocycles. The van der Waals surface area contributed by atoms with Crippen LogP contribution in [0.1, 0.15) is 18.5 Å². The summed E-state index contributed by atoms with van der Waals surface area (Å²) in [6.45, 7) is 2.11. The number of nitrogens with two attached hydrogens (primary N) is 1. The molecule has 0 radical (unpaired) electrons. The molecule has 2 aromatic rings. The van der Waals surface area contributed by atoms with Crippen LogP contribution in [0, 0.1) is 0 Å². The SMILES string of the molecule is C[C@H](NC(=O)Cn1cc(N)cn1)c1ccc(Br)cc1. The molecule has 0 aliphatic rings. The van der Waals surface area contributed by atoms with Gasteiger partial charge >= 0.3 is 0 Å². The number of carbonyl (C=O) groups is 1. The van der Waals surface area contributed by atoms with Gasteiger partial charge in [-0.05, 0) is 24.6 Å². The van der Waals surface area contributed by atoms with Crippen molar-refractivity contribution in [2.45, 2.75) is 19.5 Å². The van der Waals surface area contributed by atoms with E-state index in [0.29, 0.717) is 5.69 Å². The highest BCUT2D eigenvalue weighted by Crippen LogP contribution is 2.16. The van der Waals surface area contributed by atoms with Crippen molar-refractivity contribution < 1.29 is 4.79 Å². The van der Waals surface area contributed by atoms with Gasteiger partial charge in [0.05, 0.1) is 17.9 Å². The lowest BCUT2D eigenvalue weighted by Gasteiger charge is -2.14. The quantitative estimate of drug-likeness (QED) is 0.905. The number of anilines is 1. The summed E-state index contributed by atoms with van der Waals surface area (Å²) >= 11 is 3.38. The Kier molecular flexibility index (Phi) is 4.21. The van der Waals surface area contributed by atoms with Gasteiger partial charge in [-0.1, -0.05) is 28.1 Å². The fourth-order valence-corrected chi connectivity index (χ4v) is 2.00. The van der Waals surface area contributed by atoms with E-state index in [1.807, 2.05) is 31.2 Å². The third-order valence-corrected chi connectivity index (χ3v) is 3.23. The van der Waals surface area contributed by atoms with Gasteiger partial charge in [0.2, 0.25) is 5.91 Å². The standard InChI is InChI=1S/C13H15BrN4O/c1-9(10-2-4-11(14)5-3-10)17-13(19)8-18-7-12(15)6-16-18/h2-7,9H,8,15H2,1H3,(H,17,19)/t9-/m0/s1. The van der Waals surface area contributed by atoms with Crippen LogP contribution >= 0.6 is 15.9 Å². The maximum absolute atomic E-state index is 11.9. The van der Waals surface area contributed by atoms with Crippen molar-refractivity contribution >= 4 is 27.5 Å². The molecule has 2 rings (SSSR count). The fraction of sp³-hybridized carbons (Fsp3) is 0.231. The van der Waals surface area contributed by atoms with Crippen LogP contribution in [0.25, 0.3) is 0 Å². The van der Waals surface area contributed by atoms with E-state index in [0.717, 1.165) is 10.0 Å². The molecule has 6 heteroatoms. The van der Waals surface area contributed by atoms with Gasteiger partial charge in [-0.25, -0.2) is 0 Å². The Hall–Kier alpha value is -1.82. The van der Waals surface area contributed by atoms with E-state index < -0.39 is 0 Å². The van der Waals surface area contributed by atoms with Crippen LogP contribution in [0.4, 0.5) is 5.69 Å². The molecule has 19 heavy (non-hydrogen) atoms. The van der Waals surface area contributed by atoms with Crippen molar-refractivity contribution in [3.05, 3.63) is 46.7 Å². The predicted molar refractivity (Wildman–Crippen MR) is 77.3 cm³/mol. The number of hydrogen-bond acceptors (Lipinski definition) is 3. The molecule has 0 unspecified atom stereocenters. The normalized spacial score (nSPS) is 12.1. The summed E-state index contributed by atoms with van der Waals surface area (Å²) in [4.78, 5) is 11.9.